The van der Waals surface area contributed by atoms with Crippen molar-refractivity contribution >= 4 is 0 Å². The molecule has 164 valence electrons. The second kappa shape index (κ2) is 9.62. The van der Waals surface area contributed by atoms with Crippen LogP contribution >= 0.6 is 0 Å². The molecule has 0 aromatic heterocycles. The molecule has 2 fully saturated rings. The minimum absolute atomic E-state index is 0.369. The Morgan fingerprint density at radius 2 is 1.24 bits per heavy atom. The van der Waals surface area contributed by atoms with Crippen molar-refractivity contribution in [3.8, 4) is 5.75 Å². The van der Waals surface area contributed by atoms with Gasteiger partial charge in [0.05, 0.1) is 13.2 Å². The zero-order valence-electron chi connectivity index (χ0n) is 15.3. The summed E-state index contributed by atoms with van der Waals surface area (Å²) in [5.41, 5.74) is 0. The van der Waals surface area contributed by atoms with Crippen LogP contribution < -0.4 is 4.74 Å². The highest BCUT2D eigenvalue weighted by Gasteiger charge is 2.47. The number of para-hydroxylation sites is 1. The van der Waals surface area contributed by atoms with E-state index in [9.17, 15) is 35.7 Å². The molecule has 2 aliphatic rings. The Morgan fingerprint density at radius 3 is 1.86 bits per heavy atom. The smallest absolute Gasteiger partial charge is 0.229 e. The van der Waals surface area contributed by atoms with Crippen LogP contribution in [0.15, 0.2) is 30.3 Å². The van der Waals surface area contributed by atoms with Crippen molar-refractivity contribution < 1.29 is 54.7 Å². The van der Waals surface area contributed by atoms with Crippen LogP contribution in [0.3, 0.4) is 0 Å². The van der Waals surface area contributed by atoms with Crippen LogP contribution in [0.5, 0.6) is 5.75 Å². The topological polar surface area (TPSA) is 179 Å². The number of aliphatic hydroxyl groups is 7. The largest absolute Gasteiger partial charge is 0.462 e. The van der Waals surface area contributed by atoms with Crippen molar-refractivity contribution in [1.82, 2.24) is 0 Å². The van der Waals surface area contributed by atoms with E-state index in [0.717, 1.165) is 0 Å². The van der Waals surface area contributed by atoms with Crippen molar-refractivity contribution in [2.24, 2.45) is 0 Å². The van der Waals surface area contributed by atoms with Gasteiger partial charge in [0.1, 0.15) is 54.6 Å². The maximum Gasteiger partial charge on any atom is 0.229 e. The fourth-order valence-corrected chi connectivity index (χ4v) is 3.18. The van der Waals surface area contributed by atoms with E-state index in [0.29, 0.717) is 5.75 Å². The molecule has 2 saturated heterocycles. The quantitative estimate of drug-likeness (QED) is 0.246. The molecular weight excluding hydrogens is 392 g/mol. The summed E-state index contributed by atoms with van der Waals surface area (Å²) in [5.74, 6) is 0.369. The van der Waals surface area contributed by atoms with Gasteiger partial charge in [-0.25, -0.2) is 0 Å². The fourth-order valence-electron chi connectivity index (χ4n) is 3.18. The number of hydrogen-bond acceptors (Lipinski definition) is 11. The van der Waals surface area contributed by atoms with Gasteiger partial charge >= 0.3 is 0 Å². The number of aliphatic hydroxyl groups excluding tert-OH is 7. The molecule has 3 rings (SSSR count). The van der Waals surface area contributed by atoms with Gasteiger partial charge in [0.25, 0.3) is 0 Å². The van der Waals surface area contributed by atoms with Crippen molar-refractivity contribution in [1.29, 1.82) is 0 Å². The first-order chi connectivity index (χ1) is 13.8. The number of hydrogen-bond donors (Lipinski definition) is 7. The number of ether oxygens (including phenoxy) is 4. The molecule has 0 amide bonds. The summed E-state index contributed by atoms with van der Waals surface area (Å²) < 4.78 is 21.6. The van der Waals surface area contributed by atoms with Gasteiger partial charge in [-0.3, -0.25) is 0 Å². The Labute approximate surface area is 166 Å². The Morgan fingerprint density at radius 1 is 0.690 bits per heavy atom. The Kier molecular flexibility index (Phi) is 7.40. The predicted molar refractivity (Wildman–Crippen MR) is 93.5 cm³/mol. The van der Waals surface area contributed by atoms with Crippen LogP contribution in [-0.2, 0) is 14.2 Å². The van der Waals surface area contributed by atoms with Crippen LogP contribution in [0.1, 0.15) is 0 Å². The minimum atomic E-state index is -1.62. The molecule has 2 heterocycles. The molecule has 10 atom stereocenters. The molecule has 0 bridgehead atoms. The fraction of sp³-hybridized carbons (Fsp3) is 0.667. The normalized spacial score (nSPS) is 43.1. The summed E-state index contributed by atoms with van der Waals surface area (Å²) in [6, 6.07) is 8.41. The van der Waals surface area contributed by atoms with Gasteiger partial charge < -0.3 is 54.7 Å². The molecule has 0 saturated carbocycles. The summed E-state index contributed by atoms with van der Waals surface area (Å²) in [5, 5.41) is 69.2. The van der Waals surface area contributed by atoms with Crippen LogP contribution in [0.4, 0.5) is 0 Å². The van der Waals surface area contributed by atoms with Gasteiger partial charge in [0, 0.05) is 0 Å². The van der Waals surface area contributed by atoms with Gasteiger partial charge in [-0.05, 0) is 12.1 Å². The first-order valence-electron chi connectivity index (χ1n) is 9.17. The third-order valence-corrected chi connectivity index (χ3v) is 4.94. The summed E-state index contributed by atoms with van der Waals surface area (Å²) in [7, 11) is 0. The van der Waals surface area contributed by atoms with E-state index in [4.69, 9.17) is 18.9 Å². The summed E-state index contributed by atoms with van der Waals surface area (Å²) in [6.07, 6.45) is -14.5. The van der Waals surface area contributed by atoms with E-state index in [2.05, 4.69) is 0 Å². The maximum atomic E-state index is 10.2. The maximum absolute atomic E-state index is 10.2. The summed E-state index contributed by atoms with van der Waals surface area (Å²) >= 11 is 0. The SMILES string of the molecule is OC[C@H]1O[C@@H](OC[C@H]2O[C@H](Oc3ccccc3)[C@@H](O)[C@@H](O)[C@@H]2O)[C@H](O)[C@@H](O)[C@H]1O. The van der Waals surface area contributed by atoms with Gasteiger partial charge in [-0.2, -0.15) is 0 Å². The van der Waals surface area contributed by atoms with E-state index in [-0.39, 0.29) is 0 Å². The Balaban J connectivity index is 1.63. The molecule has 7 N–H and O–H groups in total. The van der Waals surface area contributed by atoms with Crippen molar-refractivity contribution in [3.63, 3.8) is 0 Å². The summed E-state index contributed by atoms with van der Waals surface area (Å²) in [4.78, 5) is 0. The standard InChI is InChI=1S/C18H26O11/c19-6-9-11(20)13(22)15(24)17(28-9)26-7-10-12(21)14(23)16(25)18(29-10)27-8-4-2-1-3-5-8/h1-5,9-25H,6-7H2/t9-,10-,11+,12-,13+,14+,15-,16+,17-,18+/m1/s1. The molecule has 11 heteroatoms. The van der Waals surface area contributed by atoms with Crippen LogP contribution in [0.2, 0.25) is 0 Å². The molecule has 1 aromatic rings. The molecule has 2 aliphatic heterocycles. The lowest BCUT2D eigenvalue weighted by atomic mass is 9.98. The second-order valence-electron chi connectivity index (χ2n) is 6.98. The monoisotopic (exact) mass is 418 g/mol. The average molecular weight is 418 g/mol. The second-order valence-corrected chi connectivity index (χ2v) is 6.98. The molecule has 11 nitrogen and oxygen atoms in total. The third-order valence-electron chi connectivity index (χ3n) is 4.94. The van der Waals surface area contributed by atoms with Gasteiger partial charge in [-0.15, -0.1) is 0 Å². The lowest BCUT2D eigenvalue weighted by Crippen LogP contribution is -2.62. The summed E-state index contributed by atoms with van der Waals surface area (Å²) in [6.45, 7) is -1.03. The van der Waals surface area contributed by atoms with Gasteiger partial charge in [0.15, 0.2) is 6.29 Å². The predicted octanol–water partition coefficient (Wildman–Crippen LogP) is -3.31. The highest BCUT2D eigenvalue weighted by molar-refractivity contribution is 5.21. The van der Waals surface area contributed by atoms with E-state index in [1.165, 1.54) is 0 Å². The number of rotatable bonds is 6. The lowest BCUT2D eigenvalue weighted by molar-refractivity contribution is -0.323. The minimum Gasteiger partial charge on any atom is -0.462 e. The van der Waals surface area contributed by atoms with Crippen LogP contribution in [0, 0.1) is 0 Å². The zero-order valence-corrected chi connectivity index (χ0v) is 15.3. The molecule has 0 aliphatic carbocycles. The lowest BCUT2D eigenvalue weighted by Gasteiger charge is -2.42. The molecule has 0 spiro atoms. The van der Waals surface area contributed by atoms with Crippen LogP contribution in [0.25, 0.3) is 0 Å². The van der Waals surface area contributed by atoms with Crippen molar-refractivity contribution in [2.45, 2.75) is 61.4 Å². The molecule has 0 unspecified atom stereocenters. The van der Waals surface area contributed by atoms with Crippen molar-refractivity contribution in [2.75, 3.05) is 13.2 Å². The molecule has 1 aromatic carbocycles. The highest BCUT2D eigenvalue weighted by atomic mass is 16.7. The Bertz CT molecular complexity index is 629. The Hall–Kier alpha value is -1.38. The van der Waals surface area contributed by atoms with E-state index < -0.39 is 74.6 Å². The van der Waals surface area contributed by atoms with E-state index in [1.807, 2.05) is 0 Å². The van der Waals surface area contributed by atoms with Crippen molar-refractivity contribution in [3.05, 3.63) is 30.3 Å². The highest BCUT2D eigenvalue weighted by Crippen LogP contribution is 2.26. The average Bonchev–Trinajstić information content (AvgIpc) is 2.73. The number of benzene rings is 1. The molecule has 29 heavy (non-hydrogen) atoms. The van der Waals surface area contributed by atoms with Gasteiger partial charge in [-0.1, -0.05) is 18.2 Å². The molecular formula is C18H26O11. The molecule has 0 radical (unpaired) electrons. The first-order valence-corrected chi connectivity index (χ1v) is 9.17. The van der Waals surface area contributed by atoms with E-state index in [1.54, 1.807) is 30.3 Å². The third kappa shape index (κ3) is 4.86. The van der Waals surface area contributed by atoms with E-state index >= 15 is 0 Å². The first kappa shape index (κ1) is 22.3. The zero-order chi connectivity index (χ0) is 21.1. The van der Waals surface area contributed by atoms with Crippen LogP contribution in [-0.4, -0.2) is 110 Å². The van der Waals surface area contributed by atoms with Gasteiger partial charge in [0.2, 0.25) is 6.29 Å².